The number of nitrogens with one attached hydrogen (secondary N) is 1. The zero-order valence-electron chi connectivity index (χ0n) is 7.55. The Hall–Kier alpha value is -0.670. The van der Waals surface area contributed by atoms with Crippen molar-refractivity contribution < 1.29 is 0 Å². The summed E-state index contributed by atoms with van der Waals surface area (Å²) in [6.07, 6.45) is 1.98. The normalized spacial score (nSPS) is 16.1. The quantitative estimate of drug-likeness (QED) is 0.515. The van der Waals surface area contributed by atoms with Gasteiger partial charge in [0, 0.05) is 13.1 Å². The molecule has 0 bridgehead atoms. The summed E-state index contributed by atoms with van der Waals surface area (Å²) in [4.78, 5) is 3.01. The highest BCUT2D eigenvalue weighted by atomic mass is 32.1. The summed E-state index contributed by atoms with van der Waals surface area (Å²) in [5.41, 5.74) is 2.04. The number of hydrogen-bond donors (Lipinski definition) is 1. The Morgan fingerprint density at radius 1 is 1.58 bits per heavy atom. The maximum absolute atomic E-state index is 5.06. The van der Waals surface area contributed by atoms with E-state index in [4.69, 9.17) is 12.2 Å². The predicted molar refractivity (Wildman–Crippen MR) is 56.4 cm³/mol. The molecule has 0 spiro atoms. The lowest BCUT2D eigenvalue weighted by Crippen LogP contribution is -2.32. The van der Waals surface area contributed by atoms with Crippen molar-refractivity contribution in [1.82, 2.24) is 10.2 Å². The molecule has 0 saturated carbocycles. The van der Waals surface area contributed by atoms with Crippen LogP contribution in [0.1, 0.15) is 0 Å². The molecule has 0 radical (unpaired) electrons. The molecule has 0 aromatic rings. The fourth-order valence-corrected chi connectivity index (χ4v) is 1.14. The molecular formula is C9H14N2S. The molecule has 1 rings (SSSR count). The van der Waals surface area contributed by atoms with Gasteiger partial charge >= 0.3 is 0 Å². The van der Waals surface area contributed by atoms with E-state index >= 15 is 0 Å². The van der Waals surface area contributed by atoms with E-state index in [9.17, 15) is 0 Å². The molecule has 0 fully saturated rings. The van der Waals surface area contributed by atoms with Gasteiger partial charge in [-0.3, -0.25) is 0 Å². The minimum Gasteiger partial charge on any atom is -0.383 e. The topological polar surface area (TPSA) is 15.3 Å². The molecule has 66 valence electrons. The van der Waals surface area contributed by atoms with Crippen LogP contribution in [0.15, 0.2) is 23.9 Å². The highest BCUT2D eigenvalue weighted by Gasteiger charge is 2.16. The van der Waals surface area contributed by atoms with Gasteiger partial charge in [-0.15, -0.1) is 0 Å². The van der Waals surface area contributed by atoms with Crippen molar-refractivity contribution in [2.24, 2.45) is 0 Å². The van der Waals surface area contributed by atoms with Crippen LogP contribution in [0.4, 0.5) is 0 Å². The number of allylic oxidation sites excluding steroid dienone is 2. The molecule has 3 heteroatoms. The van der Waals surface area contributed by atoms with Crippen LogP contribution in [0.25, 0.3) is 0 Å². The van der Waals surface area contributed by atoms with E-state index in [-0.39, 0.29) is 0 Å². The van der Waals surface area contributed by atoms with Crippen LogP contribution in [-0.4, -0.2) is 36.9 Å². The van der Waals surface area contributed by atoms with E-state index < -0.39 is 0 Å². The maximum Gasteiger partial charge on any atom is 0.0675 e. The van der Waals surface area contributed by atoms with E-state index in [1.54, 1.807) is 0 Å². The lowest BCUT2D eigenvalue weighted by molar-refractivity contribution is 0.409. The summed E-state index contributed by atoms with van der Waals surface area (Å²) >= 11 is 5.06. The molecule has 0 heterocycles. The van der Waals surface area contributed by atoms with Gasteiger partial charge in [0.05, 0.1) is 10.6 Å². The summed E-state index contributed by atoms with van der Waals surface area (Å²) in [5, 5.41) is 3.25. The first kappa shape index (κ1) is 9.42. The molecule has 0 atom stereocenters. The summed E-state index contributed by atoms with van der Waals surface area (Å²) in [7, 11) is 4.10. The van der Waals surface area contributed by atoms with Crippen LogP contribution in [0, 0.1) is 0 Å². The van der Waals surface area contributed by atoms with Gasteiger partial charge in [-0.25, -0.2) is 0 Å². The first-order valence-corrected chi connectivity index (χ1v) is 4.36. The molecule has 12 heavy (non-hydrogen) atoms. The van der Waals surface area contributed by atoms with E-state index in [2.05, 4.69) is 16.8 Å². The summed E-state index contributed by atoms with van der Waals surface area (Å²) in [6.45, 7) is 5.72. The van der Waals surface area contributed by atoms with E-state index in [1.807, 2.05) is 20.2 Å². The third-order valence-corrected chi connectivity index (χ3v) is 2.21. The molecule has 0 aliphatic heterocycles. The standard InChI is InChI=1S/C9H14N2S/c1-7-6-8(9(7)12)10-4-5-11(2)3/h6,10H,1,4-5H2,2-3H3. The van der Waals surface area contributed by atoms with Crippen molar-refractivity contribution in [3.63, 3.8) is 0 Å². The van der Waals surface area contributed by atoms with Crippen molar-refractivity contribution in [1.29, 1.82) is 0 Å². The minimum absolute atomic E-state index is 0.883. The molecule has 0 aromatic heterocycles. The summed E-state index contributed by atoms with van der Waals surface area (Å²) in [6, 6.07) is 0. The molecule has 1 aliphatic rings. The van der Waals surface area contributed by atoms with E-state index in [0.29, 0.717) is 0 Å². The molecule has 0 saturated heterocycles. The SMILES string of the molecule is C=C1C=C(NCCN(C)C)C1=S. The van der Waals surface area contributed by atoms with Crippen molar-refractivity contribution >= 4 is 17.1 Å². The highest BCUT2D eigenvalue weighted by molar-refractivity contribution is 7.81. The third-order valence-electron chi connectivity index (χ3n) is 1.73. The average molecular weight is 182 g/mol. The zero-order chi connectivity index (χ0) is 9.14. The number of nitrogens with zero attached hydrogens (tertiary/aromatic N) is 1. The Balaban J connectivity index is 2.22. The second-order valence-electron chi connectivity index (χ2n) is 3.14. The van der Waals surface area contributed by atoms with Crippen molar-refractivity contribution in [2.45, 2.75) is 0 Å². The lowest BCUT2D eigenvalue weighted by atomic mass is 10.0. The average Bonchev–Trinajstić information content (AvgIpc) is 2.02. The van der Waals surface area contributed by atoms with Gasteiger partial charge in [-0.05, 0) is 25.7 Å². The van der Waals surface area contributed by atoms with Gasteiger partial charge in [-0.1, -0.05) is 18.8 Å². The van der Waals surface area contributed by atoms with Gasteiger partial charge in [0.25, 0.3) is 0 Å². The molecule has 0 amide bonds. The molecule has 0 unspecified atom stereocenters. The Labute approximate surface area is 78.9 Å². The number of likely N-dealkylation sites (N-methyl/N-ethyl adjacent to an activating group) is 1. The number of hydrogen-bond acceptors (Lipinski definition) is 3. The Morgan fingerprint density at radius 3 is 2.67 bits per heavy atom. The monoisotopic (exact) mass is 182 g/mol. The summed E-state index contributed by atoms with van der Waals surface area (Å²) < 4.78 is 0. The van der Waals surface area contributed by atoms with Crippen LogP contribution >= 0.6 is 12.2 Å². The second-order valence-corrected chi connectivity index (χ2v) is 3.55. The summed E-state index contributed by atoms with van der Waals surface area (Å²) in [5.74, 6) is 0. The molecular weight excluding hydrogens is 168 g/mol. The lowest BCUT2D eigenvalue weighted by Gasteiger charge is -2.21. The van der Waals surface area contributed by atoms with Crippen LogP contribution in [-0.2, 0) is 0 Å². The molecule has 0 aromatic carbocycles. The van der Waals surface area contributed by atoms with Gasteiger partial charge in [0.15, 0.2) is 0 Å². The van der Waals surface area contributed by atoms with Crippen LogP contribution in [0.2, 0.25) is 0 Å². The first-order valence-electron chi connectivity index (χ1n) is 3.95. The van der Waals surface area contributed by atoms with E-state index in [0.717, 1.165) is 29.2 Å². The molecule has 2 nitrogen and oxygen atoms in total. The van der Waals surface area contributed by atoms with Crippen molar-refractivity contribution in [3.8, 4) is 0 Å². The Bertz CT molecular complexity index is 241. The fourth-order valence-electron chi connectivity index (χ4n) is 0.946. The van der Waals surface area contributed by atoms with Crippen LogP contribution < -0.4 is 5.32 Å². The highest BCUT2D eigenvalue weighted by Crippen LogP contribution is 2.17. The molecule has 1 N–H and O–H groups in total. The zero-order valence-corrected chi connectivity index (χ0v) is 8.37. The van der Waals surface area contributed by atoms with E-state index in [1.165, 1.54) is 0 Å². The largest absolute Gasteiger partial charge is 0.383 e. The minimum atomic E-state index is 0.883. The smallest absolute Gasteiger partial charge is 0.0675 e. The van der Waals surface area contributed by atoms with Gasteiger partial charge in [0.1, 0.15) is 0 Å². The second kappa shape index (κ2) is 3.83. The van der Waals surface area contributed by atoms with Gasteiger partial charge < -0.3 is 10.2 Å². The first-order chi connectivity index (χ1) is 5.61. The predicted octanol–water partition coefficient (Wildman–Crippen LogP) is 0.961. The molecule has 1 aliphatic carbocycles. The van der Waals surface area contributed by atoms with Crippen molar-refractivity contribution in [2.75, 3.05) is 27.2 Å². The van der Waals surface area contributed by atoms with Gasteiger partial charge in [0.2, 0.25) is 0 Å². The number of rotatable bonds is 4. The van der Waals surface area contributed by atoms with Crippen molar-refractivity contribution in [3.05, 3.63) is 23.9 Å². The van der Waals surface area contributed by atoms with Gasteiger partial charge in [-0.2, -0.15) is 0 Å². The number of thiocarbonyl (C=S) groups is 1. The third kappa shape index (κ3) is 2.16. The van der Waals surface area contributed by atoms with Crippen LogP contribution in [0.3, 0.4) is 0 Å². The Morgan fingerprint density at radius 2 is 2.25 bits per heavy atom. The maximum atomic E-state index is 5.06. The van der Waals surface area contributed by atoms with Crippen LogP contribution in [0.5, 0.6) is 0 Å². The Kier molecular flexibility index (Phi) is 3.00. The fraction of sp³-hybridized carbons (Fsp3) is 0.444.